The van der Waals surface area contributed by atoms with Gasteiger partial charge in [0, 0.05) is 63.2 Å². The highest BCUT2D eigenvalue weighted by Gasteiger charge is 2.24. The minimum absolute atomic E-state index is 0.00164. The van der Waals surface area contributed by atoms with E-state index in [0.717, 1.165) is 56.9 Å². The zero-order valence-electron chi connectivity index (χ0n) is 16.9. The molecule has 2 aromatic heterocycles. The van der Waals surface area contributed by atoms with E-state index in [4.69, 9.17) is 9.47 Å². The van der Waals surface area contributed by atoms with Crippen molar-refractivity contribution in [1.82, 2.24) is 19.9 Å². The Morgan fingerprint density at radius 2 is 1.66 bits per heavy atom. The maximum Gasteiger partial charge on any atom is 0.254 e. The van der Waals surface area contributed by atoms with Crippen LogP contribution in [0, 0.1) is 6.92 Å². The van der Waals surface area contributed by atoms with E-state index >= 15 is 0 Å². The number of hydrogen-bond acceptors (Lipinski definition) is 8. The summed E-state index contributed by atoms with van der Waals surface area (Å²) in [5.41, 5.74) is 0.595. The minimum atomic E-state index is -0.00164. The molecule has 9 heteroatoms. The van der Waals surface area contributed by atoms with Gasteiger partial charge in [-0.25, -0.2) is 15.0 Å². The normalized spacial score (nSPS) is 17.4. The lowest BCUT2D eigenvalue weighted by atomic mass is 10.2. The fourth-order valence-corrected chi connectivity index (χ4v) is 3.63. The first-order valence-electron chi connectivity index (χ1n) is 9.86. The van der Waals surface area contributed by atoms with Crippen molar-refractivity contribution >= 4 is 17.5 Å². The predicted octanol–water partition coefficient (Wildman–Crippen LogP) is 0.988. The predicted molar refractivity (Wildman–Crippen MR) is 109 cm³/mol. The molecule has 0 unspecified atom stereocenters. The van der Waals surface area contributed by atoms with Gasteiger partial charge in [0.15, 0.2) is 0 Å². The molecule has 0 radical (unpaired) electrons. The van der Waals surface area contributed by atoms with Crippen LogP contribution in [0.15, 0.2) is 24.4 Å². The molecule has 1 amide bonds. The largest absolute Gasteiger partial charge is 0.481 e. The Morgan fingerprint density at radius 1 is 1.00 bits per heavy atom. The summed E-state index contributed by atoms with van der Waals surface area (Å²) in [5, 5.41) is 0. The molecule has 29 heavy (non-hydrogen) atoms. The molecule has 154 valence electrons. The number of amides is 1. The quantitative estimate of drug-likeness (QED) is 0.754. The number of methoxy groups -OCH3 is 1. The van der Waals surface area contributed by atoms with E-state index in [-0.39, 0.29) is 5.91 Å². The van der Waals surface area contributed by atoms with E-state index in [9.17, 15) is 4.79 Å². The Balaban J connectivity index is 1.42. The molecule has 2 fully saturated rings. The number of ether oxygens (including phenoxy) is 2. The summed E-state index contributed by atoms with van der Waals surface area (Å²) in [6.45, 7) is 7.78. The highest BCUT2D eigenvalue weighted by molar-refractivity contribution is 5.94. The molecule has 9 nitrogen and oxygen atoms in total. The molecule has 0 aromatic carbocycles. The highest BCUT2D eigenvalue weighted by Crippen LogP contribution is 2.22. The number of carbonyl (C=O) groups is 1. The van der Waals surface area contributed by atoms with Crippen LogP contribution >= 0.6 is 0 Å². The lowest BCUT2D eigenvalue weighted by Crippen LogP contribution is -2.49. The van der Waals surface area contributed by atoms with Crippen LogP contribution in [-0.2, 0) is 4.74 Å². The SMILES string of the molecule is COc1cc(C(=O)N2CCN(c3cc(N4CCOCC4)nc(C)n3)CC2)ccn1. The molecule has 2 aliphatic rings. The van der Waals surface area contributed by atoms with Crippen molar-refractivity contribution in [2.24, 2.45) is 0 Å². The number of aromatic nitrogens is 3. The van der Waals surface area contributed by atoms with Crippen LogP contribution < -0.4 is 14.5 Å². The molecule has 4 rings (SSSR count). The van der Waals surface area contributed by atoms with E-state index in [2.05, 4.69) is 24.8 Å². The van der Waals surface area contributed by atoms with Crippen LogP contribution in [0.3, 0.4) is 0 Å². The standard InChI is InChI=1S/C20H26N6O3/c1-15-22-17(14-18(23-15)25-9-11-29-12-10-25)24-5-7-26(8-6-24)20(27)16-3-4-21-19(13-16)28-2/h3-4,13-14H,5-12H2,1-2H3. The van der Waals surface area contributed by atoms with E-state index in [1.807, 2.05) is 17.9 Å². The number of piperazine rings is 1. The van der Waals surface area contributed by atoms with E-state index < -0.39 is 0 Å². The number of anilines is 2. The average molecular weight is 398 g/mol. The summed E-state index contributed by atoms with van der Waals surface area (Å²) in [6.07, 6.45) is 1.60. The lowest BCUT2D eigenvalue weighted by molar-refractivity contribution is 0.0746. The second kappa shape index (κ2) is 8.60. The number of nitrogens with zero attached hydrogens (tertiary/aromatic N) is 6. The molecule has 2 aliphatic heterocycles. The maximum atomic E-state index is 12.8. The first-order valence-corrected chi connectivity index (χ1v) is 9.86. The Labute approximate surface area is 170 Å². The molecule has 0 saturated carbocycles. The summed E-state index contributed by atoms with van der Waals surface area (Å²) >= 11 is 0. The summed E-state index contributed by atoms with van der Waals surface area (Å²) in [4.78, 5) is 32.4. The van der Waals surface area contributed by atoms with Crippen LogP contribution in [0.2, 0.25) is 0 Å². The fourth-order valence-electron chi connectivity index (χ4n) is 3.63. The van der Waals surface area contributed by atoms with Crippen molar-refractivity contribution < 1.29 is 14.3 Å². The second-order valence-electron chi connectivity index (χ2n) is 7.10. The zero-order chi connectivity index (χ0) is 20.2. The van der Waals surface area contributed by atoms with Gasteiger partial charge < -0.3 is 24.2 Å². The lowest BCUT2D eigenvalue weighted by Gasteiger charge is -2.36. The third kappa shape index (κ3) is 4.40. The molecular weight excluding hydrogens is 372 g/mol. The Bertz CT molecular complexity index is 863. The van der Waals surface area contributed by atoms with Crippen molar-refractivity contribution in [2.75, 3.05) is 69.4 Å². The van der Waals surface area contributed by atoms with Gasteiger partial charge in [-0.15, -0.1) is 0 Å². The highest BCUT2D eigenvalue weighted by atomic mass is 16.5. The van der Waals surface area contributed by atoms with Crippen LogP contribution in [0.5, 0.6) is 5.88 Å². The van der Waals surface area contributed by atoms with Crippen molar-refractivity contribution in [3.05, 3.63) is 35.8 Å². The number of hydrogen-bond donors (Lipinski definition) is 0. The first-order chi connectivity index (χ1) is 14.1. The minimum Gasteiger partial charge on any atom is -0.481 e. The number of pyridine rings is 1. The van der Waals surface area contributed by atoms with Crippen molar-refractivity contribution in [2.45, 2.75) is 6.92 Å². The first kappa shape index (κ1) is 19.4. The van der Waals surface area contributed by atoms with Gasteiger partial charge in [-0.3, -0.25) is 4.79 Å². The van der Waals surface area contributed by atoms with Gasteiger partial charge in [0.25, 0.3) is 5.91 Å². The van der Waals surface area contributed by atoms with Gasteiger partial charge in [0.1, 0.15) is 17.5 Å². The Morgan fingerprint density at radius 3 is 2.31 bits per heavy atom. The van der Waals surface area contributed by atoms with Crippen molar-refractivity contribution in [3.63, 3.8) is 0 Å². The number of rotatable bonds is 4. The molecule has 0 spiro atoms. The summed E-state index contributed by atoms with van der Waals surface area (Å²) in [7, 11) is 1.55. The van der Waals surface area contributed by atoms with Crippen molar-refractivity contribution in [3.8, 4) is 5.88 Å². The monoisotopic (exact) mass is 398 g/mol. The van der Waals surface area contributed by atoms with Gasteiger partial charge >= 0.3 is 0 Å². The molecule has 2 aromatic rings. The summed E-state index contributed by atoms with van der Waals surface area (Å²) in [6, 6.07) is 5.44. The molecule has 0 aliphatic carbocycles. The molecule has 0 atom stereocenters. The second-order valence-corrected chi connectivity index (χ2v) is 7.10. The number of aryl methyl sites for hydroxylation is 1. The number of morpholine rings is 1. The van der Waals surface area contributed by atoms with Gasteiger partial charge in [-0.1, -0.05) is 0 Å². The third-order valence-electron chi connectivity index (χ3n) is 5.23. The van der Waals surface area contributed by atoms with Gasteiger partial charge in [-0.05, 0) is 13.0 Å². The molecule has 0 N–H and O–H groups in total. The van der Waals surface area contributed by atoms with Crippen LogP contribution in [0.1, 0.15) is 16.2 Å². The maximum absolute atomic E-state index is 12.8. The topological polar surface area (TPSA) is 83.9 Å². The van der Waals surface area contributed by atoms with E-state index in [0.29, 0.717) is 24.5 Å². The average Bonchev–Trinajstić information content (AvgIpc) is 2.79. The molecular formula is C20H26N6O3. The van der Waals surface area contributed by atoms with Gasteiger partial charge in [0.2, 0.25) is 5.88 Å². The molecule has 4 heterocycles. The van der Waals surface area contributed by atoms with E-state index in [1.54, 1.807) is 25.4 Å². The number of carbonyl (C=O) groups excluding carboxylic acids is 1. The van der Waals surface area contributed by atoms with Crippen LogP contribution in [-0.4, -0.2) is 85.4 Å². The zero-order valence-corrected chi connectivity index (χ0v) is 16.9. The van der Waals surface area contributed by atoms with Crippen LogP contribution in [0.4, 0.5) is 11.6 Å². The smallest absolute Gasteiger partial charge is 0.254 e. The molecule has 0 bridgehead atoms. The van der Waals surface area contributed by atoms with Crippen molar-refractivity contribution in [1.29, 1.82) is 0 Å². The van der Waals surface area contributed by atoms with Crippen LogP contribution in [0.25, 0.3) is 0 Å². The van der Waals surface area contributed by atoms with E-state index in [1.165, 1.54) is 0 Å². The fraction of sp³-hybridized carbons (Fsp3) is 0.500. The van der Waals surface area contributed by atoms with Gasteiger partial charge in [0.05, 0.1) is 20.3 Å². The molecule has 2 saturated heterocycles. The Kier molecular flexibility index (Phi) is 5.75. The Hall–Kier alpha value is -2.94. The third-order valence-corrected chi connectivity index (χ3v) is 5.23. The summed E-state index contributed by atoms with van der Waals surface area (Å²) < 4.78 is 10.6. The van der Waals surface area contributed by atoms with Gasteiger partial charge in [-0.2, -0.15) is 0 Å². The summed E-state index contributed by atoms with van der Waals surface area (Å²) in [5.74, 6) is 3.06.